The van der Waals surface area contributed by atoms with Crippen LogP contribution in [0, 0.1) is 0 Å². The molecule has 0 fully saturated rings. The number of amides is 1. The average molecular weight is 282 g/mol. The second kappa shape index (κ2) is 13.7. The first-order chi connectivity index (χ1) is 8.57. The van der Waals surface area contributed by atoms with E-state index in [1.807, 2.05) is 0 Å². The smallest absolute Gasteiger partial charge is 0.418 e. The monoisotopic (exact) mass is 282 g/mol. The van der Waals surface area contributed by atoms with Crippen LogP contribution in [-0.4, -0.2) is 48.3 Å². The summed E-state index contributed by atoms with van der Waals surface area (Å²) in [5.74, 6) is -1.02. The lowest BCUT2D eigenvalue weighted by Crippen LogP contribution is -2.32. The highest BCUT2D eigenvalue weighted by atomic mass is 32.2. The molecule has 0 saturated carbocycles. The predicted molar refractivity (Wildman–Crippen MR) is 65.7 cm³/mol. The van der Waals surface area contributed by atoms with Crippen molar-refractivity contribution in [3.8, 4) is 0 Å². The van der Waals surface area contributed by atoms with Crippen LogP contribution in [0.5, 0.6) is 0 Å². The number of aliphatic hydroxyl groups excluding tert-OH is 1. The number of carboxylic acids is 1. The maximum Gasteiger partial charge on any atom is 0.418 e. The van der Waals surface area contributed by atoms with Crippen LogP contribution in [0.25, 0.3) is 0 Å². The van der Waals surface area contributed by atoms with Crippen LogP contribution in [0.2, 0.25) is 0 Å². The molecule has 106 valence electrons. The number of hydrogen-bond acceptors (Lipinski definition) is 7. The van der Waals surface area contributed by atoms with Crippen molar-refractivity contribution in [3.05, 3.63) is 0 Å². The van der Waals surface area contributed by atoms with E-state index >= 15 is 0 Å². The van der Waals surface area contributed by atoms with Crippen molar-refractivity contribution in [2.24, 2.45) is 0 Å². The van der Waals surface area contributed by atoms with Crippen molar-refractivity contribution in [1.29, 1.82) is 0 Å². The van der Waals surface area contributed by atoms with Crippen LogP contribution in [0.3, 0.4) is 0 Å². The fourth-order valence-corrected chi connectivity index (χ4v) is 1.05. The molecule has 4 N–H and O–H groups in total. The minimum absolute atomic E-state index is 0.152. The van der Waals surface area contributed by atoms with E-state index in [2.05, 4.69) is 14.2 Å². The van der Waals surface area contributed by atoms with Gasteiger partial charge in [-0.25, -0.2) is 9.52 Å². The van der Waals surface area contributed by atoms with E-state index in [0.717, 1.165) is 25.5 Å². The molecule has 0 radical (unpaired) electrons. The topological polar surface area (TPSA) is 125 Å². The number of carboxylic acid groups (broad SMARTS) is 1. The van der Waals surface area contributed by atoms with Gasteiger partial charge in [0.1, 0.15) is 12.3 Å². The lowest BCUT2D eigenvalue weighted by molar-refractivity contribution is -0.138. The molecule has 0 aromatic rings. The summed E-state index contributed by atoms with van der Waals surface area (Å²) in [4.78, 5) is 31.2. The van der Waals surface area contributed by atoms with E-state index < -0.39 is 18.1 Å². The molecule has 0 aliphatic rings. The SMILES string of the molecule is CC(NSNC(=O)OCCCC=O)C(=O)O.CO. The fraction of sp³-hybridized carbons (Fsp3) is 0.667. The molecule has 8 nitrogen and oxygen atoms in total. The summed E-state index contributed by atoms with van der Waals surface area (Å²) >= 11 is 0.737. The third-order valence-corrected chi connectivity index (χ3v) is 2.18. The number of hydrogen-bond donors (Lipinski definition) is 4. The molecule has 1 atom stereocenters. The molecule has 0 aliphatic carbocycles. The molecule has 0 aliphatic heterocycles. The molecule has 9 heteroatoms. The van der Waals surface area contributed by atoms with Gasteiger partial charge in [-0.1, -0.05) is 0 Å². The molecule has 0 saturated heterocycles. The summed E-state index contributed by atoms with van der Waals surface area (Å²) in [5.41, 5.74) is 0. The highest BCUT2D eigenvalue weighted by Crippen LogP contribution is 1.94. The number of carbonyl (C=O) groups is 3. The van der Waals surface area contributed by atoms with E-state index in [4.69, 9.17) is 10.2 Å². The van der Waals surface area contributed by atoms with Crippen molar-refractivity contribution < 1.29 is 29.3 Å². The Morgan fingerprint density at radius 2 is 2.06 bits per heavy atom. The van der Waals surface area contributed by atoms with Gasteiger partial charge in [-0.05, 0) is 13.3 Å². The maximum absolute atomic E-state index is 10.9. The van der Waals surface area contributed by atoms with Crippen LogP contribution >= 0.6 is 12.1 Å². The first kappa shape index (κ1) is 19.0. The van der Waals surface area contributed by atoms with Gasteiger partial charge in [-0.2, -0.15) is 0 Å². The summed E-state index contributed by atoms with van der Waals surface area (Å²) in [7, 11) is 1.00. The van der Waals surface area contributed by atoms with Gasteiger partial charge in [0.05, 0.1) is 6.61 Å². The highest BCUT2D eigenvalue weighted by Gasteiger charge is 2.10. The number of aliphatic hydroxyl groups is 1. The quantitative estimate of drug-likeness (QED) is 0.277. The van der Waals surface area contributed by atoms with Crippen LogP contribution in [0.1, 0.15) is 19.8 Å². The van der Waals surface area contributed by atoms with E-state index in [1.165, 1.54) is 6.92 Å². The number of unbranched alkanes of at least 4 members (excludes halogenated alkanes) is 1. The number of rotatable bonds is 8. The molecule has 0 rings (SSSR count). The summed E-state index contributed by atoms with van der Waals surface area (Å²) in [5, 5.41) is 15.5. The number of aliphatic carboxylic acids is 1. The fourth-order valence-electron chi connectivity index (χ4n) is 0.571. The van der Waals surface area contributed by atoms with E-state index in [9.17, 15) is 14.4 Å². The lowest BCUT2D eigenvalue weighted by atomic mass is 10.4. The Morgan fingerprint density at radius 3 is 2.56 bits per heavy atom. The van der Waals surface area contributed by atoms with Gasteiger partial charge >= 0.3 is 12.1 Å². The first-order valence-electron chi connectivity index (χ1n) is 5.03. The molecule has 1 unspecified atom stereocenters. The third kappa shape index (κ3) is 12.7. The Balaban J connectivity index is 0. The van der Waals surface area contributed by atoms with Gasteiger partial charge in [0.25, 0.3) is 0 Å². The van der Waals surface area contributed by atoms with Gasteiger partial charge in [-0.3, -0.25) is 9.52 Å². The van der Waals surface area contributed by atoms with E-state index in [-0.39, 0.29) is 6.61 Å². The lowest BCUT2D eigenvalue weighted by Gasteiger charge is -2.08. The second-order valence-corrected chi connectivity index (χ2v) is 3.47. The maximum atomic E-state index is 10.9. The Hall–Kier alpha value is -1.32. The van der Waals surface area contributed by atoms with Gasteiger partial charge in [-0.15, -0.1) is 0 Å². The average Bonchev–Trinajstić information content (AvgIpc) is 2.37. The molecule has 0 bridgehead atoms. The van der Waals surface area contributed by atoms with Crippen LogP contribution in [0.4, 0.5) is 4.79 Å². The molecular formula is C9H18N2O6S. The van der Waals surface area contributed by atoms with Crippen molar-refractivity contribution in [2.75, 3.05) is 13.7 Å². The zero-order valence-electron chi connectivity index (χ0n) is 10.2. The van der Waals surface area contributed by atoms with Crippen molar-refractivity contribution in [2.45, 2.75) is 25.8 Å². The summed E-state index contributed by atoms with van der Waals surface area (Å²) in [6.07, 6.45) is 0.877. The summed E-state index contributed by atoms with van der Waals surface area (Å²) < 4.78 is 9.37. The van der Waals surface area contributed by atoms with E-state index in [0.29, 0.717) is 12.8 Å². The zero-order chi connectivity index (χ0) is 14.4. The van der Waals surface area contributed by atoms with Crippen molar-refractivity contribution in [1.82, 2.24) is 9.44 Å². The Labute approximate surface area is 109 Å². The van der Waals surface area contributed by atoms with Gasteiger partial charge in [0, 0.05) is 25.7 Å². The number of nitrogens with one attached hydrogen (secondary N) is 2. The number of carbonyl (C=O) groups excluding carboxylic acids is 2. The highest BCUT2D eigenvalue weighted by molar-refractivity contribution is 7.96. The Bertz CT molecular complexity index is 251. The first-order valence-corrected chi connectivity index (χ1v) is 5.85. The molecule has 18 heavy (non-hydrogen) atoms. The number of ether oxygens (including phenoxy) is 1. The molecule has 0 spiro atoms. The Morgan fingerprint density at radius 1 is 1.44 bits per heavy atom. The van der Waals surface area contributed by atoms with Crippen LogP contribution < -0.4 is 9.44 Å². The Kier molecular flexibility index (Phi) is 14.5. The molecule has 1 amide bonds. The predicted octanol–water partition coefficient (Wildman–Crippen LogP) is -0.0739. The minimum atomic E-state index is -1.02. The summed E-state index contributed by atoms with van der Waals surface area (Å²) in [6, 6.07) is -0.777. The van der Waals surface area contributed by atoms with Crippen LogP contribution in [0.15, 0.2) is 0 Å². The van der Waals surface area contributed by atoms with Gasteiger partial charge < -0.3 is 19.7 Å². The largest absolute Gasteiger partial charge is 0.480 e. The third-order valence-electron chi connectivity index (χ3n) is 1.44. The standard InChI is InChI=1S/C8H14N2O5S.CH4O/c1-6(7(12)13)9-16-10-8(14)15-5-3-2-4-11;1-2/h4,6,9H,2-3,5H2,1H3,(H,10,14)(H,12,13);2H,1H3. The van der Waals surface area contributed by atoms with Gasteiger partial charge in [0.15, 0.2) is 0 Å². The summed E-state index contributed by atoms with van der Waals surface area (Å²) in [6.45, 7) is 1.59. The van der Waals surface area contributed by atoms with Crippen molar-refractivity contribution in [3.63, 3.8) is 0 Å². The molecule has 0 aromatic heterocycles. The van der Waals surface area contributed by atoms with E-state index in [1.54, 1.807) is 0 Å². The molecule has 0 aromatic carbocycles. The minimum Gasteiger partial charge on any atom is -0.480 e. The van der Waals surface area contributed by atoms with Crippen LogP contribution in [-0.2, 0) is 14.3 Å². The van der Waals surface area contributed by atoms with Gasteiger partial charge in [0.2, 0.25) is 0 Å². The zero-order valence-corrected chi connectivity index (χ0v) is 11.0. The van der Waals surface area contributed by atoms with Crippen molar-refractivity contribution >= 4 is 30.5 Å². The number of aldehydes is 1. The molecule has 0 heterocycles. The second-order valence-electron chi connectivity index (χ2n) is 2.83. The normalized spacial score (nSPS) is 10.6. The molecular weight excluding hydrogens is 264 g/mol.